The summed E-state index contributed by atoms with van der Waals surface area (Å²) < 4.78 is 19.7. The van der Waals surface area contributed by atoms with E-state index in [9.17, 15) is 4.79 Å². The van der Waals surface area contributed by atoms with E-state index in [2.05, 4.69) is 50.5 Å². The molecule has 0 N–H and O–H groups in total. The number of imidazole rings is 1. The number of carbonyl (C=O) groups excluding carboxylic acids is 1. The van der Waals surface area contributed by atoms with Gasteiger partial charge in [0.1, 0.15) is 5.82 Å². The summed E-state index contributed by atoms with van der Waals surface area (Å²) in [6.45, 7) is 14.3. The van der Waals surface area contributed by atoms with Crippen molar-refractivity contribution in [3.63, 3.8) is 0 Å². The molecule has 3 heterocycles. The van der Waals surface area contributed by atoms with Crippen molar-refractivity contribution in [2.45, 2.75) is 78.9 Å². The molecule has 1 aromatic carbocycles. The van der Waals surface area contributed by atoms with Crippen LogP contribution in [0.15, 0.2) is 18.2 Å². The van der Waals surface area contributed by atoms with Crippen LogP contribution >= 0.6 is 0 Å². The van der Waals surface area contributed by atoms with Crippen LogP contribution in [0.1, 0.15) is 82.0 Å². The van der Waals surface area contributed by atoms with Gasteiger partial charge < -0.3 is 19.1 Å². The van der Waals surface area contributed by atoms with E-state index in [1.54, 1.807) is 7.11 Å². The number of aryl methyl sites for hydroxylation is 1. The lowest BCUT2D eigenvalue weighted by atomic mass is 9.85. The van der Waals surface area contributed by atoms with Gasteiger partial charge in [0.15, 0.2) is 17.2 Å². The average Bonchev–Trinajstić information content (AvgIpc) is 3.36. The smallest absolute Gasteiger partial charge is 0.274 e. The summed E-state index contributed by atoms with van der Waals surface area (Å²) in [5.41, 5.74) is 4.57. The summed E-state index contributed by atoms with van der Waals surface area (Å²) in [6, 6.07) is 4.15. The van der Waals surface area contributed by atoms with Crippen LogP contribution in [0.5, 0.6) is 11.5 Å². The maximum atomic E-state index is 14.0. The zero-order valence-electron chi connectivity index (χ0n) is 22.7. The van der Waals surface area contributed by atoms with E-state index in [-0.39, 0.29) is 23.0 Å². The molecule has 1 aromatic heterocycles. The number of allylic oxidation sites excluding steroid dienone is 2. The molecule has 1 amide bonds. The van der Waals surface area contributed by atoms with Gasteiger partial charge in [0, 0.05) is 12.6 Å². The molecule has 1 aliphatic carbocycles. The molecular weight excluding hydrogens is 454 g/mol. The van der Waals surface area contributed by atoms with E-state index in [0.717, 1.165) is 48.6 Å². The molecule has 0 spiro atoms. The van der Waals surface area contributed by atoms with Gasteiger partial charge >= 0.3 is 0 Å². The number of carbonyl (C=O) groups is 1. The maximum absolute atomic E-state index is 14.0. The Kier molecular flexibility index (Phi) is 6.18. The highest BCUT2D eigenvalue weighted by molar-refractivity contribution is 5.95. The van der Waals surface area contributed by atoms with Crippen LogP contribution in [0, 0.1) is 5.41 Å². The Morgan fingerprint density at radius 2 is 1.92 bits per heavy atom. The Hall–Kier alpha value is -2.80. The predicted octanol–water partition coefficient (Wildman–Crippen LogP) is 5.22. The number of benzene rings is 1. The fourth-order valence-electron chi connectivity index (χ4n) is 5.80. The molecule has 194 valence electrons. The van der Waals surface area contributed by atoms with Gasteiger partial charge in [0.25, 0.3) is 5.91 Å². The van der Waals surface area contributed by atoms with Gasteiger partial charge in [-0.05, 0) is 76.0 Å². The normalized spacial score (nSPS) is 20.1. The molecule has 1 saturated heterocycles. The summed E-state index contributed by atoms with van der Waals surface area (Å²) in [4.78, 5) is 21.1. The average molecular weight is 494 g/mol. The van der Waals surface area contributed by atoms with Crippen molar-refractivity contribution in [1.82, 2.24) is 14.5 Å². The molecule has 3 aliphatic rings. The Labute approximate surface area is 214 Å². The first-order chi connectivity index (χ1) is 17.0. The minimum absolute atomic E-state index is 0.00896. The molecule has 0 unspecified atom stereocenters. The lowest BCUT2D eigenvalue weighted by Gasteiger charge is -2.41. The Morgan fingerprint density at radius 1 is 1.14 bits per heavy atom. The van der Waals surface area contributed by atoms with Crippen molar-refractivity contribution in [2.75, 3.05) is 26.9 Å². The highest BCUT2D eigenvalue weighted by Crippen LogP contribution is 2.47. The van der Waals surface area contributed by atoms with Crippen molar-refractivity contribution in [3.05, 3.63) is 41.0 Å². The van der Waals surface area contributed by atoms with Gasteiger partial charge in [-0.2, -0.15) is 0 Å². The number of hydrogen-bond acceptors (Lipinski definition) is 5. The van der Waals surface area contributed by atoms with Crippen LogP contribution in [0.3, 0.4) is 0 Å². The summed E-state index contributed by atoms with van der Waals surface area (Å²) in [6.07, 6.45) is 5.95. The van der Waals surface area contributed by atoms with Crippen molar-refractivity contribution < 1.29 is 19.0 Å². The van der Waals surface area contributed by atoms with Crippen LogP contribution in [0.4, 0.5) is 0 Å². The van der Waals surface area contributed by atoms with Crippen LogP contribution in [0.2, 0.25) is 0 Å². The number of aromatic nitrogens is 2. The third kappa shape index (κ3) is 4.11. The van der Waals surface area contributed by atoms with Gasteiger partial charge in [-0.25, -0.2) is 4.98 Å². The molecule has 0 saturated carbocycles. The first kappa shape index (κ1) is 24.9. The number of methoxy groups -OCH3 is 1. The minimum Gasteiger partial charge on any atom is -0.493 e. The minimum atomic E-state index is -0.379. The molecular formula is C29H39N3O4. The number of rotatable bonds is 5. The predicted molar refractivity (Wildman–Crippen MR) is 140 cm³/mol. The van der Waals surface area contributed by atoms with E-state index >= 15 is 0 Å². The Bertz CT molecular complexity index is 1220. The third-order valence-corrected chi connectivity index (χ3v) is 7.75. The second kappa shape index (κ2) is 8.94. The first-order valence-corrected chi connectivity index (χ1v) is 13.1. The fourth-order valence-corrected chi connectivity index (χ4v) is 5.80. The molecule has 7 nitrogen and oxygen atoms in total. The summed E-state index contributed by atoms with van der Waals surface area (Å²) in [5.74, 6) is 2.31. The second-order valence-corrected chi connectivity index (χ2v) is 11.7. The highest BCUT2D eigenvalue weighted by Gasteiger charge is 2.40. The lowest BCUT2D eigenvalue weighted by Crippen LogP contribution is -2.55. The fraction of sp³-hybridized carbons (Fsp3) is 0.586. The topological polar surface area (TPSA) is 65.8 Å². The molecule has 2 aliphatic heterocycles. The van der Waals surface area contributed by atoms with Gasteiger partial charge in [-0.1, -0.05) is 19.9 Å². The van der Waals surface area contributed by atoms with Gasteiger partial charge in [0.05, 0.1) is 43.3 Å². The number of nitrogens with zero attached hydrogens (tertiary/aromatic N) is 3. The summed E-state index contributed by atoms with van der Waals surface area (Å²) in [5, 5.41) is 0. The number of amides is 1. The van der Waals surface area contributed by atoms with Crippen molar-refractivity contribution >= 4 is 11.5 Å². The summed E-state index contributed by atoms with van der Waals surface area (Å²) in [7, 11) is 1.68. The lowest BCUT2D eigenvalue weighted by molar-refractivity contribution is -0.0373. The molecule has 0 radical (unpaired) electrons. The quantitative estimate of drug-likeness (QED) is 0.571. The van der Waals surface area contributed by atoms with Crippen molar-refractivity contribution in [2.24, 2.45) is 5.41 Å². The molecule has 0 bridgehead atoms. The number of morpholine rings is 1. The third-order valence-electron chi connectivity index (χ3n) is 7.75. The largest absolute Gasteiger partial charge is 0.493 e. The van der Waals surface area contributed by atoms with E-state index in [1.165, 1.54) is 11.1 Å². The van der Waals surface area contributed by atoms with E-state index < -0.39 is 0 Å². The van der Waals surface area contributed by atoms with Gasteiger partial charge in [-0.3, -0.25) is 9.36 Å². The molecule has 2 aromatic rings. The Balaban J connectivity index is 1.71. The van der Waals surface area contributed by atoms with Gasteiger partial charge in [-0.15, -0.1) is 0 Å². The van der Waals surface area contributed by atoms with Crippen molar-refractivity contribution in [1.29, 1.82) is 0 Å². The van der Waals surface area contributed by atoms with E-state index in [0.29, 0.717) is 31.2 Å². The molecule has 5 rings (SSSR count). The van der Waals surface area contributed by atoms with Gasteiger partial charge in [0.2, 0.25) is 0 Å². The van der Waals surface area contributed by atoms with E-state index in [4.69, 9.17) is 19.2 Å². The number of ether oxygens (including phenoxy) is 3. The summed E-state index contributed by atoms with van der Waals surface area (Å²) >= 11 is 0. The van der Waals surface area contributed by atoms with Crippen LogP contribution in [0.25, 0.3) is 11.3 Å². The van der Waals surface area contributed by atoms with Crippen LogP contribution in [-0.2, 0) is 17.6 Å². The second-order valence-electron chi connectivity index (χ2n) is 11.7. The molecule has 36 heavy (non-hydrogen) atoms. The van der Waals surface area contributed by atoms with E-state index in [1.807, 2.05) is 18.7 Å². The SMILES string of the molecule is COc1cc2c(cc1OC(C)C)-n1c(C3=CCCC3(C)C)nc(C(=O)N3CCOCC3(C)C)c1CC2. The molecule has 0 atom stereocenters. The van der Waals surface area contributed by atoms with Crippen LogP contribution in [-0.4, -0.2) is 58.9 Å². The van der Waals surface area contributed by atoms with Crippen molar-refractivity contribution in [3.8, 4) is 17.2 Å². The number of fused-ring (bicyclic) bond motifs is 3. The van der Waals surface area contributed by atoms with Crippen LogP contribution < -0.4 is 9.47 Å². The molecule has 7 heteroatoms. The molecule has 1 fully saturated rings. The monoisotopic (exact) mass is 493 g/mol. The standard InChI is InChI=1S/C29H39N3O4/c1-18(2)36-24-16-22-19(15-23(24)34-7)10-11-21-25(27(33)31-13-14-35-17-29(31,5)6)30-26(32(21)22)20-9-8-12-28(20,3)4/h9,15-16,18H,8,10-14,17H2,1-7H3. The Morgan fingerprint density at radius 3 is 2.56 bits per heavy atom. The zero-order valence-corrected chi connectivity index (χ0v) is 22.7. The first-order valence-electron chi connectivity index (χ1n) is 13.1. The zero-order chi connectivity index (χ0) is 25.8. The maximum Gasteiger partial charge on any atom is 0.274 e. The number of hydrogen-bond donors (Lipinski definition) is 0. The highest BCUT2D eigenvalue weighted by atomic mass is 16.5.